The summed E-state index contributed by atoms with van der Waals surface area (Å²) in [6.07, 6.45) is 1.17. The second-order valence-electron chi connectivity index (χ2n) is 7.63. The Morgan fingerprint density at radius 3 is 1.77 bits per heavy atom. The minimum absolute atomic E-state index is 0.0777. The van der Waals surface area contributed by atoms with Gasteiger partial charge in [-0.05, 0) is 12.3 Å². The molecule has 2 atom stereocenters. The lowest BCUT2D eigenvalue weighted by molar-refractivity contribution is -0.344. The van der Waals surface area contributed by atoms with Crippen LogP contribution in [0.3, 0.4) is 0 Å². The van der Waals surface area contributed by atoms with Crippen molar-refractivity contribution in [3.8, 4) is 0 Å². The smallest absolute Gasteiger partial charge is 0.460 e. The molecule has 0 saturated carbocycles. The number of carbonyl (C=O) groups is 2. The number of rotatable bonds is 15. The highest BCUT2D eigenvalue weighted by Gasteiger charge is 2.76. The fourth-order valence-corrected chi connectivity index (χ4v) is 2.72. The number of amides is 1. The Hall–Kier alpha value is -1.55. The number of hydrogen-bond donors (Lipinski definition) is 1. The van der Waals surface area contributed by atoms with Crippen molar-refractivity contribution in [2.24, 2.45) is 5.92 Å². The van der Waals surface area contributed by atoms with Crippen molar-refractivity contribution in [3.05, 3.63) is 0 Å². The monoisotopic (exact) mass is 467 g/mol. The third-order valence-electron chi connectivity index (χ3n) is 5.03. The van der Waals surface area contributed by atoms with Gasteiger partial charge >= 0.3 is 24.0 Å². The number of unbranched alkanes of at least 4 members (excludes halogenated alkanes) is 7. The number of halogens is 7. The summed E-state index contributed by atoms with van der Waals surface area (Å²) in [7, 11) is 0. The van der Waals surface area contributed by atoms with E-state index in [-0.39, 0.29) is 13.0 Å². The summed E-state index contributed by atoms with van der Waals surface area (Å²) in [5.41, 5.74) is 0. The molecule has 0 aliphatic heterocycles. The lowest BCUT2D eigenvalue weighted by Crippen LogP contribution is -2.62. The zero-order chi connectivity index (χ0) is 24.3. The van der Waals surface area contributed by atoms with Crippen molar-refractivity contribution in [1.29, 1.82) is 0 Å². The summed E-state index contributed by atoms with van der Waals surface area (Å²) in [6, 6.07) is -1.78. The first-order valence-electron chi connectivity index (χ1n) is 10.5. The van der Waals surface area contributed by atoms with Crippen LogP contribution in [0.5, 0.6) is 0 Å². The quantitative estimate of drug-likeness (QED) is 0.182. The minimum atomic E-state index is -6.64. The molecule has 0 aliphatic rings. The summed E-state index contributed by atoms with van der Waals surface area (Å²) in [6.45, 7) is 4.90. The molecule has 0 bridgehead atoms. The van der Waals surface area contributed by atoms with Gasteiger partial charge in [0.2, 0.25) is 0 Å². The van der Waals surface area contributed by atoms with E-state index < -0.39 is 41.9 Å². The number of nitrogens with one attached hydrogen (secondary N) is 1. The van der Waals surface area contributed by atoms with E-state index in [0.29, 0.717) is 6.42 Å². The van der Waals surface area contributed by atoms with Crippen molar-refractivity contribution >= 4 is 11.9 Å². The molecule has 0 aliphatic carbocycles. The molecule has 1 amide bonds. The number of ether oxygens (including phenoxy) is 1. The summed E-state index contributed by atoms with van der Waals surface area (Å²) < 4.78 is 94.9. The molecule has 0 radical (unpaired) electrons. The van der Waals surface area contributed by atoms with Crippen LogP contribution in [0.25, 0.3) is 0 Å². The predicted molar refractivity (Wildman–Crippen MR) is 101 cm³/mol. The Morgan fingerprint density at radius 2 is 1.32 bits per heavy atom. The Bertz CT molecular complexity index is 553. The number of carbonyl (C=O) groups excluding carboxylic acids is 2. The van der Waals surface area contributed by atoms with E-state index in [1.54, 1.807) is 0 Å². The molecule has 31 heavy (non-hydrogen) atoms. The Balaban J connectivity index is 4.80. The fourth-order valence-electron chi connectivity index (χ4n) is 2.72. The van der Waals surface area contributed by atoms with Gasteiger partial charge in [-0.2, -0.15) is 30.7 Å². The molecular formula is C20H32F7NO3. The van der Waals surface area contributed by atoms with Crippen LogP contribution in [-0.4, -0.2) is 42.5 Å². The molecule has 0 aromatic rings. The van der Waals surface area contributed by atoms with Crippen LogP contribution in [0.15, 0.2) is 0 Å². The van der Waals surface area contributed by atoms with Gasteiger partial charge in [0.05, 0.1) is 6.61 Å². The van der Waals surface area contributed by atoms with Crippen LogP contribution in [0.2, 0.25) is 0 Å². The van der Waals surface area contributed by atoms with Crippen molar-refractivity contribution in [1.82, 2.24) is 5.32 Å². The van der Waals surface area contributed by atoms with Gasteiger partial charge in [-0.3, -0.25) is 4.79 Å². The zero-order valence-corrected chi connectivity index (χ0v) is 18.1. The van der Waals surface area contributed by atoms with E-state index in [9.17, 15) is 40.3 Å². The van der Waals surface area contributed by atoms with Gasteiger partial charge in [0, 0.05) is 0 Å². The van der Waals surface area contributed by atoms with Crippen LogP contribution in [-0.2, 0) is 14.3 Å². The van der Waals surface area contributed by atoms with Gasteiger partial charge in [-0.15, -0.1) is 0 Å². The van der Waals surface area contributed by atoms with Crippen LogP contribution < -0.4 is 5.32 Å². The van der Waals surface area contributed by atoms with Crippen molar-refractivity contribution < 1.29 is 45.1 Å². The van der Waals surface area contributed by atoms with Crippen molar-refractivity contribution in [2.75, 3.05) is 6.61 Å². The molecular weight excluding hydrogens is 435 g/mol. The molecule has 1 N–H and O–H groups in total. The molecule has 0 rings (SSSR count). The van der Waals surface area contributed by atoms with Gasteiger partial charge in [0.15, 0.2) is 0 Å². The van der Waals surface area contributed by atoms with Crippen molar-refractivity contribution in [3.63, 3.8) is 0 Å². The highest BCUT2D eigenvalue weighted by atomic mass is 19.4. The lowest BCUT2D eigenvalue weighted by Gasteiger charge is -2.29. The number of esters is 1. The van der Waals surface area contributed by atoms with Gasteiger partial charge in [0.25, 0.3) is 5.91 Å². The van der Waals surface area contributed by atoms with E-state index in [4.69, 9.17) is 4.74 Å². The first-order valence-corrected chi connectivity index (χ1v) is 10.5. The largest absolute Gasteiger partial charge is 0.464 e. The highest BCUT2D eigenvalue weighted by molar-refractivity contribution is 5.89. The third-order valence-corrected chi connectivity index (χ3v) is 5.03. The molecule has 0 aromatic carbocycles. The SMILES string of the molecule is CCCCCCCCCCOC(=O)C(NC(=O)C(F)(F)C(F)(F)C(F)(F)F)C(C)CC. The predicted octanol–water partition coefficient (Wildman–Crippen LogP) is 6.03. The standard InChI is InChI=1S/C20H32F7NO3/c1-4-6-7-8-9-10-11-12-13-31-16(29)15(14(3)5-2)28-17(30)18(21,22)19(23,24)20(25,26)27/h14-15H,4-13H2,1-3H3,(H,28,30). The molecule has 0 heterocycles. The first-order chi connectivity index (χ1) is 14.2. The van der Waals surface area contributed by atoms with Crippen LogP contribution >= 0.6 is 0 Å². The molecule has 0 aromatic heterocycles. The second kappa shape index (κ2) is 13.1. The lowest BCUT2D eigenvalue weighted by atomic mass is 9.98. The van der Waals surface area contributed by atoms with E-state index in [1.165, 1.54) is 19.2 Å². The summed E-state index contributed by atoms with van der Waals surface area (Å²) in [4.78, 5) is 23.7. The van der Waals surface area contributed by atoms with Gasteiger partial charge in [-0.25, -0.2) is 4.79 Å². The molecule has 11 heteroatoms. The molecule has 2 unspecified atom stereocenters. The zero-order valence-electron chi connectivity index (χ0n) is 18.1. The van der Waals surface area contributed by atoms with E-state index in [2.05, 4.69) is 6.92 Å². The van der Waals surface area contributed by atoms with Crippen LogP contribution in [0.1, 0.15) is 78.6 Å². The Labute approximate surface area is 178 Å². The summed E-state index contributed by atoms with van der Waals surface area (Å²) >= 11 is 0. The maximum atomic E-state index is 13.6. The average molecular weight is 467 g/mol. The topological polar surface area (TPSA) is 55.4 Å². The summed E-state index contributed by atoms with van der Waals surface area (Å²) in [5, 5.41) is 1.32. The van der Waals surface area contributed by atoms with Gasteiger partial charge < -0.3 is 10.1 Å². The number of alkyl halides is 7. The van der Waals surface area contributed by atoms with Crippen molar-refractivity contribution in [2.45, 2.75) is 103 Å². The van der Waals surface area contributed by atoms with Crippen LogP contribution in [0.4, 0.5) is 30.7 Å². The maximum absolute atomic E-state index is 13.6. The van der Waals surface area contributed by atoms with E-state index in [1.807, 2.05) is 0 Å². The Morgan fingerprint density at radius 1 is 0.839 bits per heavy atom. The van der Waals surface area contributed by atoms with Gasteiger partial charge in [0.1, 0.15) is 6.04 Å². The number of hydrogen-bond acceptors (Lipinski definition) is 3. The molecule has 4 nitrogen and oxygen atoms in total. The third kappa shape index (κ3) is 8.84. The molecule has 184 valence electrons. The molecule has 0 spiro atoms. The fraction of sp³-hybridized carbons (Fsp3) is 0.900. The van der Waals surface area contributed by atoms with E-state index >= 15 is 0 Å². The Kier molecular flexibility index (Phi) is 12.4. The average Bonchev–Trinajstić information content (AvgIpc) is 2.68. The van der Waals surface area contributed by atoms with Gasteiger partial charge in [-0.1, -0.05) is 72.1 Å². The van der Waals surface area contributed by atoms with E-state index in [0.717, 1.165) is 44.9 Å². The van der Waals surface area contributed by atoms with Crippen LogP contribution in [0, 0.1) is 5.92 Å². The normalized spacial score (nSPS) is 14.8. The maximum Gasteiger partial charge on any atom is 0.460 e. The molecule has 0 saturated heterocycles. The minimum Gasteiger partial charge on any atom is -0.464 e. The summed E-state index contributed by atoms with van der Waals surface area (Å²) in [5.74, 6) is -17.5. The highest BCUT2D eigenvalue weighted by Crippen LogP contribution is 2.46. The second-order valence-corrected chi connectivity index (χ2v) is 7.63. The first kappa shape index (κ1) is 29.5. The molecule has 0 fully saturated rings.